The first-order valence-corrected chi connectivity index (χ1v) is 17.5. The van der Waals surface area contributed by atoms with Crippen LogP contribution in [0.1, 0.15) is 74.5 Å². The van der Waals surface area contributed by atoms with Crippen molar-refractivity contribution in [2.45, 2.75) is 60.0 Å². The van der Waals surface area contributed by atoms with Crippen LogP contribution in [0.15, 0.2) is 152 Å². The minimum Gasteiger partial charge on any atom is -0.304 e. The topological polar surface area (TPSA) is 40.8 Å². The van der Waals surface area contributed by atoms with Crippen LogP contribution in [0, 0.1) is 12.3 Å². The summed E-state index contributed by atoms with van der Waals surface area (Å²) in [5.74, 6) is 0.536. The van der Waals surface area contributed by atoms with Crippen LogP contribution in [-0.4, -0.2) is 10.4 Å². The van der Waals surface area contributed by atoms with E-state index in [2.05, 4.69) is 182 Å². The van der Waals surface area contributed by atoms with E-state index in [4.69, 9.17) is 5.41 Å². The molecule has 0 spiro atoms. The summed E-state index contributed by atoms with van der Waals surface area (Å²) in [5.41, 5.74) is 11.2. The van der Waals surface area contributed by atoms with E-state index in [9.17, 15) is 0 Å². The van der Waals surface area contributed by atoms with Gasteiger partial charge in [0.15, 0.2) is 0 Å². The van der Waals surface area contributed by atoms with Crippen molar-refractivity contribution in [1.29, 1.82) is 5.41 Å². The van der Waals surface area contributed by atoms with Gasteiger partial charge in [0.2, 0.25) is 0 Å². The van der Waals surface area contributed by atoms with Crippen LogP contribution in [-0.2, 0) is 6.42 Å². The highest BCUT2D eigenvalue weighted by atomic mass is 15.0. The molecule has 6 aromatic carbocycles. The second-order valence-corrected chi connectivity index (χ2v) is 12.3. The largest absolute Gasteiger partial charge is 0.304 e. The Labute approximate surface area is 292 Å². The van der Waals surface area contributed by atoms with E-state index in [1.165, 1.54) is 49.7 Å². The Hall–Kier alpha value is -5.25. The normalized spacial score (nSPS) is 12.0. The third-order valence-corrected chi connectivity index (χ3v) is 9.00. The van der Waals surface area contributed by atoms with Gasteiger partial charge in [0.25, 0.3) is 0 Å². The van der Waals surface area contributed by atoms with Gasteiger partial charge >= 0.3 is 0 Å². The number of hydrogen-bond acceptors (Lipinski definition) is 2. The fourth-order valence-corrected chi connectivity index (χ4v) is 6.63. The number of aryl methyl sites for hydroxylation is 1. The van der Waals surface area contributed by atoms with Gasteiger partial charge in [-0.15, -0.1) is 0 Å². The molecule has 0 bridgehead atoms. The Morgan fingerprint density at radius 3 is 1.71 bits per heavy atom. The van der Waals surface area contributed by atoms with Gasteiger partial charge in [-0.1, -0.05) is 159 Å². The molecule has 0 aliphatic heterocycles. The molecule has 2 N–H and O–H groups in total. The van der Waals surface area contributed by atoms with Gasteiger partial charge < -0.3 is 5.32 Å². The first kappa shape index (κ1) is 35.1. The second-order valence-electron chi connectivity index (χ2n) is 12.3. The van der Waals surface area contributed by atoms with Crippen LogP contribution in [0.2, 0.25) is 0 Å². The van der Waals surface area contributed by atoms with E-state index in [-0.39, 0.29) is 0 Å². The molecule has 7 rings (SSSR count). The Morgan fingerprint density at radius 1 is 0.612 bits per heavy atom. The summed E-state index contributed by atoms with van der Waals surface area (Å²) in [4.78, 5) is 0. The monoisotopic (exact) mass is 643 g/mol. The highest BCUT2D eigenvalue weighted by molar-refractivity contribution is 6.17. The molecule has 0 saturated carbocycles. The van der Waals surface area contributed by atoms with E-state index < -0.39 is 0 Å². The van der Waals surface area contributed by atoms with Crippen molar-refractivity contribution in [1.82, 2.24) is 9.88 Å². The number of nitrogens with zero attached hydrogens (tertiary/aromatic N) is 1. The zero-order chi connectivity index (χ0) is 34.8. The summed E-state index contributed by atoms with van der Waals surface area (Å²) in [6.07, 6.45) is 0.886. The van der Waals surface area contributed by atoms with E-state index >= 15 is 0 Å². The molecule has 0 amide bonds. The van der Waals surface area contributed by atoms with Crippen LogP contribution < -0.4 is 5.32 Å². The lowest BCUT2D eigenvalue weighted by Crippen LogP contribution is -2.22. The Morgan fingerprint density at radius 2 is 1.12 bits per heavy atom. The van der Waals surface area contributed by atoms with Crippen molar-refractivity contribution in [2.24, 2.45) is 0 Å². The molecule has 1 heterocycles. The molecule has 3 heteroatoms. The van der Waals surface area contributed by atoms with Crippen LogP contribution in [0.3, 0.4) is 0 Å². The van der Waals surface area contributed by atoms with E-state index in [1.807, 2.05) is 20.8 Å². The lowest BCUT2D eigenvalue weighted by molar-refractivity contribution is 0.495. The number of aromatic nitrogens is 1. The van der Waals surface area contributed by atoms with Gasteiger partial charge in [0.05, 0.1) is 11.0 Å². The van der Waals surface area contributed by atoms with Gasteiger partial charge in [-0.05, 0) is 73.6 Å². The molecule has 1 aromatic heterocycles. The maximum Gasteiger partial charge on any atom is 0.102 e. The van der Waals surface area contributed by atoms with Gasteiger partial charge in [0.1, 0.15) is 5.84 Å². The number of para-hydroxylation sites is 1. The Bertz CT molecular complexity index is 2050. The minimum atomic E-state index is 0.367. The fraction of sp³-hybridized carbons (Fsp3) is 0.196. The van der Waals surface area contributed by atoms with Crippen molar-refractivity contribution < 1.29 is 0 Å². The summed E-state index contributed by atoms with van der Waals surface area (Å²) < 4.78 is 2.10. The van der Waals surface area contributed by atoms with Crippen molar-refractivity contribution >= 4 is 27.6 Å². The quantitative estimate of drug-likeness (QED) is 0.132. The summed E-state index contributed by atoms with van der Waals surface area (Å²) >= 11 is 0. The third kappa shape index (κ3) is 8.08. The van der Waals surface area contributed by atoms with Gasteiger partial charge in [0, 0.05) is 28.4 Å². The van der Waals surface area contributed by atoms with Crippen LogP contribution in [0.4, 0.5) is 0 Å². The molecule has 0 saturated heterocycles. The smallest absolute Gasteiger partial charge is 0.102 e. The molecule has 3 nitrogen and oxygen atoms in total. The summed E-state index contributed by atoms with van der Waals surface area (Å²) in [6.45, 7) is 12.5. The lowest BCUT2D eigenvalue weighted by atomic mass is 9.91. The molecule has 2 atom stereocenters. The number of nitrogens with one attached hydrogen (secondary N) is 2. The van der Waals surface area contributed by atoms with Crippen molar-refractivity contribution in [2.75, 3.05) is 0 Å². The first-order chi connectivity index (χ1) is 23.9. The van der Waals surface area contributed by atoms with Crippen LogP contribution in [0.25, 0.3) is 32.9 Å². The highest BCUT2D eigenvalue weighted by Crippen LogP contribution is 2.39. The number of benzene rings is 6. The van der Waals surface area contributed by atoms with Crippen LogP contribution in [0.5, 0.6) is 0 Å². The molecule has 0 fully saturated rings. The molecule has 0 aliphatic carbocycles. The molecule has 248 valence electrons. The average Bonchev–Trinajstić information content (AvgIpc) is 3.49. The maximum atomic E-state index is 8.54. The maximum absolute atomic E-state index is 8.54. The summed E-state index contributed by atoms with van der Waals surface area (Å²) in [5, 5.41) is 14.6. The molecule has 0 aliphatic rings. The predicted octanol–water partition coefficient (Wildman–Crippen LogP) is 12.3. The highest BCUT2D eigenvalue weighted by Gasteiger charge is 2.19. The molecular weight excluding hydrogens is 595 g/mol. The van der Waals surface area contributed by atoms with Gasteiger partial charge in [-0.2, -0.15) is 0 Å². The number of hydrogen-bond donors (Lipinski definition) is 2. The zero-order valence-electron chi connectivity index (χ0n) is 29.7. The molecule has 2 unspecified atom stereocenters. The SMILES string of the molecule is CC.CC(=N)n1c2ccccc2c2ccc(C)c(-c3ccccc3Cc3ccccc3)c21.CC(NC(C)c1ccccc1)c1ccccc1. The Balaban J connectivity index is 0.000000210. The van der Waals surface area contributed by atoms with Gasteiger partial charge in [-0.25, -0.2) is 0 Å². The minimum absolute atomic E-state index is 0.367. The number of rotatable bonds is 7. The molecule has 0 radical (unpaired) electrons. The van der Waals surface area contributed by atoms with E-state index in [1.54, 1.807) is 0 Å². The predicted molar refractivity (Wildman–Crippen MR) is 212 cm³/mol. The lowest BCUT2D eigenvalue weighted by Gasteiger charge is -2.20. The summed E-state index contributed by atoms with van der Waals surface area (Å²) in [6, 6.07) is 54.0. The molecular formula is C46H49N3. The van der Waals surface area contributed by atoms with Gasteiger partial charge in [-0.3, -0.25) is 9.98 Å². The second kappa shape index (κ2) is 16.7. The molecule has 49 heavy (non-hydrogen) atoms. The summed E-state index contributed by atoms with van der Waals surface area (Å²) in [7, 11) is 0. The van der Waals surface area contributed by atoms with Crippen LogP contribution >= 0.6 is 0 Å². The van der Waals surface area contributed by atoms with E-state index in [0.717, 1.165) is 17.5 Å². The third-order valence-electron chi connectivity index (χ3n) is 9.00. The van der Waals surface area contributed by atoms with Crippen molar-refractivity contribution in [3.05, 3.63) is 179 Å². The van der Waals surface area contributed by atoms with Crippen molar-refractivity contribution in [3.8, 4) is 11.1 Å². The Kier molecular flexibility index (Phi) is 12.0. The van der Waals surface area contributed by atoms with Crippen molar-refractivity contribution in [3.63, 3.8) is 0 Å². The molecule has 7 aromatic rings. The average molecular weight is 644 g/mol. The van der Waals surface area contributed by atoms with E-state index in [0.29, 0.717) is 17.9 Å². The number of fused-ring (bicyclic) bond motifs is 3. The standard InChI is InChI=1S/C28H24N2.C16H19N.C2H6/c1-19-16-17-25-24-14-8-9-15-26(24)30(20(2)29)28(25)27(19)23-13-7-6-12-22(23)18-21-10-4-3-5-11-21;1-13(15-9-5-3-6-10-15)17-14(2)16-11-7-4-8-12-16;1-2/h3-17,29H,18H2,1-2H3;3-14,17H,1-2H3;1-2H3. The first-order valence-electron chi connectivity index (χ1n) is 17.5. The fourth-order valence-electron chi connectivity index (χ4n) is 6.63. The zero-order valence-corrected chi connectivity index (χ0v) is 29.7.